The second kappa shape index (κ2) is 10.5. The van der Waals surface area contributed by atoms with Crippen LogP contribution in [0.2, 0.25) is 0 Å². The fraction of sp³-hybridized carbons (Fsp3) is 0.615. The van der Waals surface area contributed by atoms with Crippen LogP contribution in [-0.4, -0.2) is 63.3 Å². The third kappa shape index (κ3) is 5.80. The molecule has 0 radical (unpaired) electrons. The molecule has 1 aromatic heterocycles. The monoisotopic (exact) mass is 500 g/mol. The zero-order valence-electron chi connectivity index (χ0n) is 21.5. The number of imidazole rings is 1. The predicted octanol–water partition coefficient (Wildman–Crippen LogP) is 2.67. The van der Waals surface area contributed by atoms with Gasteiger partial charge in [0.1, 0.15) is 11.6 Å². The number of hydrogen-bond donors (Lipinski definition) is 1. The summed E-state index contributed by atoms with van der Waals surface area (Å²) in [6.07, 6.45) is 3.62. The van der Waals surface area contributed by atoms with E-state index in [0.717, 1.165) is 36.8 Å². The third-order valence-corrected chi connectivity index (χ3v) is 6.73. The highest BCUT2D eigenvalue weighted by Crippen LogP contribution is 2.24. The van der Waals surface area contributed by atoms with Gasteiger partial charge in [0.25, 0.3) is 0 Å². The molecule has 2 aromatic rings. The summed E-state index contributed by atoms with van der Waals surface area (Å²) in [5.41, 5.74) is 1.78. The Hall–Kier alpha value is -3.14. The molecule has 2 fully saturated rings. The molecular weight excluding hydrogens is 464 g/mol. The summed E-state index contributed by atoms with van der Waals surface area (Å²) in [4.78, 5) is 50.7. The van der Waals surface area contributed by atoms with E-state index in [1.54, 1.807) is 16.5 Å². The number of benzene rings is 1. The summed E-state index contributed by atoms with van der Waals surface area (Å²) in [5.74, 6) is -0.735. The number of rotatable bonds is 6. The number of carbonyl (C=O) groups is 3. The van der Waals surface area contributed by atoms with Crippen LogP contribution in [0.4, 0.5) is 4.79 Å². The Kier molecular flexibility index (Phi) is 7.54. The molecule has 2 aliphatic rings. The van der Waals surface area contributed by atoms with Crippen LogP contribution < -0.4 is 11.0 Å². The lowest BCUT2D eigenvalue weighted by Crippen LogP contribution is -2.44. The number of nitrogens with one attached hydrogen (secondary N) is 1. The lowest BCUT2D eigenvalue weighted by molar-refractivity contribution is -0.135. The Morgan fingerprint density at radius 2 is 1.81 bits per heavy atom. The molecule has 1 N–H and O–H groups in total. The number of fused-ring (bicyclic) bond motifs is 1. The van der Waals surface area contributed by atoms with E-state index in [9.17, 15) is 19.2 Å². The topological polar surface area (TPSA) is 112 Å². The number of carbonyl (C=O) groups excluding carboxylic acids is 3. The van der Waals surface area contributed by atoms with Gasteiger partial charge >= 0.3 is 11.8 Å². The Morgan fingerprint density at radius 3 is 2.47 bits per heavy atom. The van der Waals surface area contributed by atoms with Crippen LogP contribution in [0, 0.1) is 0 Å². The number of nitrogens with zero attached hydrogens (tertiary/aromatic N) is 3. The van der Waals surface area contributed by atoms with E-state index >= 15 is 0 Å². The van der Waals surface area contributed by atoms with Crippen molar-refractivity contribution in [3.63, 3.8) is 0 Å². The number of likely N-dealkylation sites (tertiary alicyclic amines) is 1. The summed E-state index contributed by atoms with van der Waals surface area (Å²) < 4.78 is 14.5. The van der Waals surface area contributed by atoms with Crippen molar-refractivity contribution in [2.24, 2.45) is 7.05 Å². The molecule has 36 heavy (non-hydrogen) atoms. The molecule has 0 saturated carbocycles. The summed E-state index contributed by atoms with van der Waals surface area (Å²) in [5, 5.41) is 2.33. The highest BCUT2D eigenvalue weighted by atomic mass is 16.6. The van der Waals surface area contributed by atoms with Crippen molar-refractivity contribution in [3.05, 3.63) is 34.2 Å². The normalized spacial score (nSPS) is 19.6. The van der Waals surface area contributed by atoms with Gasteiger partial charge in [0.2, 0.25) is 11.8 Å². The average molecular weight is 501 g/mol. The maximum absolute atomic E-state index is 12.9. The van der Waals surface area contributed by atoms with Gasteiger partial charge in [-0.2, -0.15) is 0 Å². The van der Waals surface area contributed by atoms with Gasteiger partial charge < -0.3 is 14.4 Å². The van der Waals surface area contributed by atoms with Crippen LogP contribution in [0.25, 0.3) is 11.0 Å². The van der Waals surface area contributed by atoms with Crippen molar-refractivity contribution in [2.75, 3.05) is 19.7 Å². The molecule has 1 atom stereocenters. The van der Waals surface area contributed by atoms with Gasteiger partial charge in [-0.25, -0.2) is 9.59 Å². The molecule has 3 heterocycles. The van der Waals surface area contributed by atoms with Gasteiger partial charge in [0.05, 0.1) is 17.1 Å². The molecular formula is C26H36N4O6. The number of amides is 3. The zero-order valence-corrected chi connectivity index (χ0v) is 21.5. The second-order valence-electron chi connectivity index (χ2n) is 10.6. The van der Waals surface area contributed by atoms with Crippen LogP contribution >= 0.6 is 0 Å². The number of imide groups is 1. The first kappa shape index (κ1) is 25.9. The minimum absolute atomic E-state index is 0.134. The number of aryl methyl sites for hydroxylation is 2. The third-order valence-electron chi connectivity index (χ3n) is 6.73. The molecule has 10 heteroatoms. The fourth-order valence-electron chi connectivity index (χ4n) is 4.85. The molecule has 4 rings (SSSR count). The van der Waals surface area contributed by atoms with Crippen molar-refractivity contribution < 1.29 is 23.9 Å². The molecule has 0 aliphatic carbocycles. The molecule has 0 bridgehead atoms. The smallest absolute Gasteiger partial charge is 0.410 e. The van der Waals surface area contributed by atoms with E-state index in [1.165, 1.54) is 4.57 Å². The highest BCUT2D eigenvalue weighted by Gasteiger charge is 2.31. The van der Waals surface area contributed by atoms with E-state index < -0.39 is 17.6 Å². The van der Waals surface area contributed by atoms with Gasteiger partial charge in [-0.05, 0) is 70.6 Å². The molecule has 196 valence electrons. The van der Waals surface area contributed by atoms with Gasteiger partial charge in [-0.3, -0.25) is 24.0 Å². The molecule has 1 aromatic carbocycles. The molecule has 2 saturated heterocycles. The summed E-state index contributed by atoms with van der Waals surface area (Å²) >= 11 is 0. The second-order valence-corrected chi connectivity index (χ2v) is 10.6. The first-order valence-electron chi connectivity index (χ1n) is 12.7. The Balaban J connectivity index is 1.29. The molecule has 2 aliphatic heterocycles. The minimum atomic E-state index is -0.681. The average Bonchev–Trinajstić information content (AvgIpc) is 3.06. The Morgan fingerprint density at radius 1 is 1.08 bits per heavy atom. The van der Waals surface area contributed by atoms with E-state index in [1.807, 2.05) is 39.0 Å². The molecule has 3 amide bonds. The summed E-state index contributed by atoms with van der Waals surface area (Å²) in [7, 11) is 1.70. The van der Waals surface area contributed by atoms with Gasteiger partial charge in [0, 0.05) is 33.2 Å². The quantitative estimate of drug-likeness (QED) is 0.482. The van der Waals surface area contributed by atoms with Crippen LogP contribution in [0.5, 0.6) is 0 Å². The predicted molar refractivity (Wildman–Crippen MR) is 134 cm³/mol. The van der Waals surface area contributed by atoms with Crippen molar-refractivity contribution in [3.8, 4) is 0 Å². The first-order valence-corrected chi connectivity index (χ1v) is 12.7. The summed E-state index contributed by atoms with van der Waals surface area (Å²) in [6.45, 7) is 7.48. The lowest BCUT2D eigenvalue weighted by atomic mass is 10.1. The van der Waals surface area contributed by atoms with Crippen LogP contribution in [0.15, 0.2) is 23.0 Å². The molecule has 0 spiro atoms. The van der Waals surface area contributed by atoms with E-state index in [4.69, 9.17) is 9.47 Å². The number of ether oxygens (including phenoxy) is 2. The number of piperidine rings is 2. The van der Waals surface area contributed by atoms with Crippen molar-refractivity contribution in [1.29, 1.82) is 0 Å². The Labute approximate surface area is 210 Å². The Bertz CT molecular complexity index is 1200. The molecule has 1 unspecified atom stereocenters. The zero-order chi connectivity index (χ0) is 26.0. The maximum Gasteiger partial charge on any atom is 0.410 e. The van der Waals surface area contributed by atoms with Crippen LogP contribution in [0.3, 0.4) is 0 Å². The lowest BCUT2D eigenvalue weighted by Gasteiger charge is -2.33. The van der Waals surface area contributed by atoms with Gasteiger partial charge in [-0.15, -0.1) is 0 Å². The first-order chi connectivity index (χ1) is 17.0. The van der Waals surface area contributed by atoms with E-state index in [2.05, 4.69) is 5.32 Å². The van der Waals surface area contributed by atoms with Crippen LogP contribution in [-0.2, 0) is 32.5 Å². The SMILES string of the molecule is Cn1c(=O)n(C2CCC(=O)NC2=O)c2ccc(CCCOC3CCN(C(=O)OC(C)(C)C)CC3)cc21. The largest absolute Gasteiger partial charge is 0.444 e. The van der Waals surface area contributed by atoms with Gasteiger partial charge in [-0.1, -0.05) is 6.07 Å². The van der Waals surface area contributed by atoms with Gasteiger partial charge in [0.15, 0.2) is 0 Å². The summed E-state index contributed by atoms with van der Waals surface area (Å²) in [6, 6.07) is 5.16. The standard InChI is InChI=1S/C26H36N4O6/c1-26(2,3)36-25(34)29-13-11-18(12-14-29)35-15-5-6-17-7-8-19-21(16-17)28(4)24(33)30(19)20-9-10-22(31)27-23(20)32/h7-8,16,18,20H,5-6,9-15H2,1-4H3,(H,27,31,32). The number of hydrogen-bond acceptors (Lipinski definition) is 6. The molecule has 10 nitrogen and oxygen atoms in total. The number of aromatic nitrogens is 2. The van der Waals surface area contributed by atoms with Crippen LogP contribution in [0.1, 0.15) is 64.5 Å². The van der Waals surface area contributed by atoms with Crippen molar-refractivity contribution >= 4 is 28.9 Å². The fourth-order valence-corrected chi connectivity index (χ4v) is 4.85. The van der Waals surface area contributed by atoms with E-state index in [-0.39, 0.29) is 30.2 Å². The highest BCUT2D eigenvalue weighted by molar-refractivity contribution is 6.00. The minimum Gasteiger partial charge on any atom is -0.444 e. The van der Waals surface area contributed by atoms with E-state index in [0.29, 0.717) is 31.6 Å². The van der Waals surface area contributed by atoms with Crippen molar-refractivity contribution in [1.82, 2.24) is 19.4 Å². The maximum atomic E-state index is 12.9. The van der Waals surface area contributed by atoms with Crippen molar-refractivity contribution in [2.45, 2.75) is 77.0 Å².